The van der Waals surface area contributed by atoms with Crippen molar-refractivity contribution in [3.8, 4) is 5.69 Å². The fraction of sp³-hybridized carbons (Fsp3) is 0.200. The van der Waals surface area contributed by atoms with Crippen molar-refractivity contribution in [2.24, 2.45) is 0 Å². The quantitative estimate of drug-likeness (QED) is 0.621. The zero-order valence-corrected chi connectivity index (χ0v) is 9.55. The Bertz CT molecular complexity index is 636. The molecule has 0 bridgehead atoms. The molecule has 9 heteroatoms. The van der Waals surface area contributed by atoms with Crippen LogP contribution in [0.3, 0.4) is 0 Å². The molecule has 2 rings (SSSR count). The van der Waals surface area contributed by atoms with Gasteiger partial charge in [0, 0.05) is 18.5 Å². The lowest BCUT2D eigenvalue weighted by molar-refractivity contribution is -0.385. The van der Waals surface area contributed by atoms with Gasteiger partial charge in [0.25, 0.3) is 0 Å². The largest absolute Gasteiger partial charge is 0.433 e. The van der Waals surface area contributed by atoms with Crippen molar-refractivity contribution in [1.29, 1.82) is 0 Å². The Morgan fingerprint density at radius 3 is 2.53 bits per heavy atom. The molecule has 0 unspecified atom stereocenters. The van der Waals surface area contributed by atoms with Gasteiger partial charge in [0.05, 0.1) is 4.92 Å². The molecule has 0 radical (unpaired) electrons. The van der Waals surface area contributed by atoms with Crippen LogP contribution in [-0.4, -0.2) is 19.5 Å². The molecule has 0 amide bonds. The second-order valence-electron chi connectivity index (χ2n) is 3.66. The van der Waals surface area contributed by atoms with Crippen LogP contribution in [0.5, 0.6) is 0 Å². The van der Waals surface area contributed by atoms with Crippen LogP contribution in [0, 0.1) is 17.0 Å². The first-order valence-corrected chi connectivity index (χ1v) is 5.02. The predicted octanol–water partition coefficient (Wildman–Crippen LogP) is 2.50. The molecule has 0 saturated heterocycles. The topological polar surface area (TPSA) is 73.8 Å². The van der Waals surface area contributed by atoms with E-state index in [0.717, 1.165) is 0 Å². The smallest absolute Gasteiger partial charge is 0.298 e. The van der Waals surface area contributed by atoms with Gasteiger partial charge in [-0.1, -0.05) is 0 Å². The third-order valence-electron chi connectivity index (χ3n) is 2.43. The molecular formula is C10H7F3N4O2. The molecule has 2 heterocycles. The van der Waals surface area contributed by atoms with E-state index in [1.54, 1.807) is 0 Å². The number of aromatic nitrogens is 3. The number of aryl methyl sites for hydroxylation is 1. The normalized spacial score (nSPS) is 11.6. The van der Waals surface area contributed by atoms with Gasteiger partial charge < -0.3 is 0 Å². The summed E-state index contributed by atoms with van der Waals surface area (Å²) in [6.07, 6.45) is -1.39. The molecule has 0 N–H and O–H groups in total. The Morgan fingerprint density at radius 1 is 1.37 bits per heavy atom. The van der Waals surface area contributed by atoms with Crippen molar-refractivity contribution < 1.29 is 18.1 Å². The molecule has 0 aromatic carbocycles. The van der Waals surface area contributed by atoms with Crippen LogP contribution in [0.2, 0.25) is 0 Å². The summed E-state index contributed by atoms with van der Waals surface area (Å²) in [6.45, 7) is 1.53. The van der Waals surface area contributed by atoms with Crippen molar-refractivity contribution in [3.05, 3.63) is 46.3 Å². The van der Waals surface area contributed by atoms with Gasteiger partial charge >= 0.3 is 11.9 Å². The van der Waals surface area contributed by atoms with E-state index in [4.69, 9.17) is 0 Å². The summed E-state index contributed by atoms with van der Waals surface area (Å²) >= 11 is 0. The average Bonchev–Trinajstić information content (AvgIpc) is 2.73. The van der Waals surface area contributed by atoms with Gasteiger partial charge in [0.1, 0.15) is 23.4 Å². The van der Waals surface area contributed by atoms with E-state index >= 15 is 0 Å². The maximum Gasteiger partial charge on any atom is 0.433 e. The van der Waals surface area contributed by atoms with E-state index in [1.807, 2.05) is 0 Å². The molecule has 100 valence electrons. The van der Waals surface area contributed by atoms with E-state index in [1.165, 1.54) is 23.9 Å². The maximum absolute atomic E-state index is 12.6. The van der Waals surface area contributed by atoms with Crippen molar-refractivity contribution in [2.75, 3.05) is 0 Å². The SMILES string of the molecule is Cc1nccn1-c1cc(C(F)(F)F)ncc1[N+](=O)[O-]. The summed E-state index contributed by atoms with van der Waals surface area (Å²) in [5, 5.41) is 10.8. The van der Waals surface area contributed by atoms with Crippen molar-refractivity contribution in [2.45, 2.75) is 13.1 Å². The lowest BCUT2D eigenvalue weighted by atomic mass is 10.2. The first-order chi connectivity index (χ1) is 8.80. The number of alkyl halides is 3. The van der Waals surface area contributed by atoms with Crippen LogP contribution in [-0.2, 0) is 6.18 Å². The lowest BCUT2D eigenvalue weighted by Crippen LogP contribution is -2.11. The minimum absolute atomic E-state index is 0.220. The number of nitrogens with zero attached hydrogens (tertiary/aromatic N) is 4. The number of rotatable bonds is 2. The Labute approximate surface area is 104 Å². The second-order valence-corrected chi connectivity index (χ2v) is 3.66. The van der Waals surface area contributed by atoms with Crippen molar-refractivity contribution in [3.63, 3.8) is 0 Å². The molecule has 2 aromatic rings. The molecule has 0 atom stereocenters. The molecule has 0 spiro atoms. The molecule has 0 aliphatic heterocycles. The lowest BCUT2D eigenvalue weighted by Gasteiger charge is -2.10. The molecular weight excluding hydrogens is 265 g/mol. The average molecular weight is 272 g/mol. The van der Waals surface area contributed by atoms with E-state index in [0.29, 0.717) is 18.1 Å². The van der Waals surface area contributed by atoms with E-state index in [2.05, 4.69) is 9.97 Å². The van der Waals surface area contributed by atoms with Gasteiger partial charge in [0.15, 0.2) is 0 Å². The summed E-state index contributed by atoms with van der Waals surface area (Å²) in [4.78, 5) is 16.9. The van der Waals surface area contributed by atoms with Crippen LogP contribution in [0.4, 0.5) is 18.9 Å². The fourth-order valence-corrected chi connectivity index (χ4v) is 1.56. The van der Waals surface area contributed by atoms with Crippen LogP contribution in [0.25, 0.3) is 5.69 Å². The number of imidazole rings is 1. The van der Waals surface area contributed by atoms with Crippen LogP contribution >= 0.6 is 0 Å². The zero-order chi connectivity index (χ0) is 14.2. The van der Waals surface area contributed by atoms with Crippen LogP contribution in [0.15, 0.2) is 24.7 Å². The minimum Gasteiger partial charge on any atom is -0.298 e. The highest BCUT2D eigenvalue weighted by Gasteiger charge is 2.34. The van der Waals surface area contributed by atoms with Gasteiger partial charge in [-0.15, -0.1) is 0 Å². The third kappa shape index (κ3) is 2.39. The van der Waals surface area contributed by atoms with Gasteiger partial charge in [-0.05, 0) is 6.92 Å². The summed E-state index contributed by atoms with van der Waals surface area (Å²) < 4.78 is 39.0. The van der Waals surface area contributed by atoms with Crippen LogP contribution < -0.4 is 0 Å². The Balaban J connectivity index is 2.68. The number of nitro groups is 1. The molecule has 0 aliphatic rings. The predicted molar refractivity (Wildman–Crippen MR) is 57.8 cm³/mol. The highest BCUT2D eigenvalue weighted by atomic mass is 19.4. The number of pyridine rings is 1. The molecule has 2 aromatic heterocycles. The van der Waals surface area contributed by atoms with E-state index in [9.17, 15) is 23.3 Å². The van der Waals surface area contributed by atoms with Crippen molar-refractivity contribution in [1.82, 2.24) is 14.5 Å². The Morgan fingerprint density at radius 2 is 2.05 bits per heavy atom. The minimum atomic E-state index is -4.67. The van der Waals surface area contributed by atoms with E-state index in [-0.39, 0.29) is 5.69 Å². The molecule has 0 aliphatic carbocycles. The monoisotopic (exact) mass is 272 g/mol. The summed E-state index contributed by atoms with van der Waals surface area (Å²) in [5.41, 5.74) is -1.93. The molecule has 0 saturated carbocycles. The molecule has 6 nitrogen and oxygen atoms in total. The number of hydrogen-bond donors (Lipinski definition) is 0. The summed E-state index contributed by atoms with van der Waals surface area (Å²) in [5.74, 6) is 0.336. The second kappa shape index (κ2) is 4.34. The van der Waals surface area contributed by atoms with Gasteiger partial charge in [0.2, 0.25) is 0 Å². The number of hydrogen-bond acceptors (Lipinski definition) is 4. The van der Waals surface area contributed by atoms with Gasteiger partial charge in [-0.3, -0.25) is 14.7 Å². The van der Waals surface area contributed by atoms with Crippen molar-refractivity contribution >= 4 is 5.69 Å². The zero-order valence-electron chi connectivity index (χ0n) is 9.55. The first kappa shape index (κ1) is 13.0. The summed E-state index contributed by atoms with van der Waals surface area (Å²) in [6, 6.07) is 0.632. The molecule has 19 heavy (non-hydrogen) atoms. The van der Waals surface area contributed by atoms with E-state index < -0.39 is 22.5 Å². The van der Waals surface area contributed by atoms with Crippen LogP contribution in [0.1, 0.15) is 11.5 Å². The Kier molecular flexibility index (Phi) is 2.97. The highest BCUT2D eigenvalue weighted by molar-refractivity contribution is 5.52. The third-order valence-corrected chi connectivity index (χ3v) is 2.43. The fourth-order valence-electron chi connectivity index (χ4n) is 1.56. The number of halogens is 3. The first-order valence-electron chi connectivity index (χ1n) is 5.02. The summed E-state index contributed by atoms with van der Waals surface area (Å²) in [7, 11) is 0. The molecule has 0 fully saturated rings. The van der Waals surface area contributed by atoms with Gasteiger partial charge in [-0.2, -0.15) is 13.2 Å². The standard InChI is InChI=1S/C10H7F3N4O2/c1-6-14-2-3-16(6)7-4-9(10(11,12)13)15-5-8(7)17(18)19/h2-5H,1H3. The Hall–Kier alpha value is -2.45. The van der Waals surface area contributed by atoms with Gasteiger partial charge in [-0.25, -0.2) is 9.97 Å². The highest BCUT2D eigenvalue weighted by Crippen LogP contribution is 2.32. The maximum atomic E-state index is 12.6.